The van der Waals surface area contributed by atoms with E-state index >= 15 is 0 Å². The van der Waals surface area contributed by atoms with Crippen LogP contribution in [0.5, 0.6) is 0 Å². The van der Waals surface area contributed by atoms with Crippen LogP contribution in [-0.4, -0.2) is 24.3 Å². The Labute approximate surface area is 94.5 Å². The third-order valence-electron chi connectivity index (χ3n) is 3.62. The van der Waals surface area contributed by atoms with E-state index in [1.54, 1.807) is 0 Å². The molecule has 0 aliphatic heterocycles. The molecule has 0 unspecified atom stereocenters. The largest absolute Gasteiger partial charge is 0.396 e. The van der Waals surface area contributed by atoms with Crippen molar-refractivity contribution in [1.82, 2.24) is 5.32 Å². The number of aliphatic hydroxyl groups excluding tert-OH is 1. The Morgan fingerprint density at radius 1 is 1.20 bits per heavy atom. The van der Waals surface area contributed by atoms with Crippen molar-refractivity contribution in [3.8, 4) is 0 Å². The van der Waals surface area contributed by atoms with E-state index < -0.39 is 0 Å². The third kappa shape index (κ3) is 4.12. The van der Waals surface area contributed by atoms with E-state index in [4.69, 9.17) is 5.11 Å². The number of rotatable bonds is 4. The van der Waals surface area contributed by atoms with Crippen LogP contribution in [0.1, 0.15) is 52.9 Å². The van der Waals surface area contributed by atoms with E-state index in [1.165, 1.54) is 25.7 Å². The highest BCUT2D eigenvalue weighted by atomic mass is 16.3. The third-order valence-corrected chi connectivity index (χ3v) is 3.62. The van der Waals surface area contributed by atoms with Gasteiger partial charge in [-0.2, -0.15) is 0 Å². The molecule has 1 saturated carbocycles. The zero-order chi connectivity index (χ0) is 11.3. The molecule has 15 heavy (non-hydrogen) atoms. The minimum Gasteiger partial charge on any atom is -0.396 e. The fourth-order valence-corrected chi connectivity index (χ4v) is 2.78. The first-order valence-corrected chi connectivity index (χ1v) is 6.40. The van der Waals surface area contributed by atoms with Crippen LogP contribution in [0.4, 0.5) is 0 Å². The average molecular weight is 213 g/mol. The molecule has 2 nitrogen and oxygen atoms in total. The normalized spacial score (nSPS) is 28.0. The van der Waals surface area contributed by atoms with E-state index in [2.05, 4.69) is 26.1 Å². The van der Waals surface area contributed by atoms with Gasteiger partial charge in [0.25, 0.3) is 0 Å². The van der Waals surface area contributed by atoms with Gasteiger partial charge in [0, 0.05) is 12.6 Å². The molecule has 1 aliphatic rings. The molecular weight excluding hydrogens is 186 g/mol. The van der Waals surface area contributed by atoms with Gasteiger partial charge in [-0.05, 0) is 37.1 Å². The molecular formula is C13H27NO. The number of hydrogen-bond donors (Lipinski definition) is 2. The lowest BCUT2D eigenvalue weighted by Crippen LogP contribution is -2.44. The molecule has 0 spiro atoms. The summed E-state index contributed by atoms with van der Waals surface area (Å²) in [6.07, 6.45) is 6.31. The van der Waals surface area contributed by atoms with Crippen molar-refractivity contribution in [1.29, 1.82) is 0 Å². The van der Waals surface area contributed by atoms with Gasteiger partial charge in [0.15, 0.2) is 0 Å². The first-order chi connectivity index (χ1) is 7.05. The summed E-state index contributed by atoms with van der Waals surface area (Å²) in [6.45, 7) is 8.32. The van der Waals surface area contributed by atoms with Crippen LogP contribution >= 0.6 is 0 Å². The van der Waals surface area contributed by atoms with Gasteiger partial charge in [0.05, 0.1) is 0 Å². The van der Waals surface area contributed by atoms with E-state index in [0.717, 1.165) is 18.9 Å². The molecule has 0 bridgehead atoms. The quantitative estimate of drug-likeness (QED) is 0.703. The van der Waals surface area contributed by atoms with E-state index in [1.807, 2.05) is 0 Å². The van der Waals surface area contributed by atoms with Crippen molar-refractivity contribution in [2.24, 2.45) is 11.3 Å². The predicted molar refractivity (Wildman–Crippen MR) is 64.9 cm³/mol. The minimum absolute atomic E-state index is 0.305. The van der Waals surface area contributed by atoms with Gasteiger partial charge in [0.1, 0.15) is 0 Å². The van der Waals surface area contributed by atoms with E-state index in [0.29, 0.717) is 18.1 Å². The molecule has 2 N–H and O–H groups in total. The molecule has 0 aromatic heterocycles. The highest BCUT2D eigenvalue weighted by Crippen LogP contribution is 2.37. The number of nitrogens with one attached hydrogen (secondary N) is 1. The Morgan fingerprint density at radius 2 is 1.87 bits per heavy atom. The molecule has 2 heteroatoms. The van der Waals surface area contributed by atoms with Gasteiger partial charge in [-0.15, -0.1) is 0 Å². The molecule has 0 aromatic carbocycles. The Kier molecular flexibility index (Phi) is 5.07. The zero-order valence-corrected chi connectivity index (χ0v) is 10.6. The number of hydrogen-bond acceptors (Lipinski definition) is 2. The molecule has 1 rings (SSSR count). The van der Waals surface area contributed by atoms with Crippen LogP contribution in [0.25, 0.3) is 0 Å². The summed E-state index contributed by atoms with van der Waals surface area (Å²) < 4.78 is 0. The first kappa shape index (κ1) is 13.0. The highest BCUT2D eigenvalue weighted by molar-refractivity contribution is 4.88. The summed E-state index contributed by atoms with van der Waals surface area (Å²) in [5.41, 5.74) is 0.414. The fourth-order valence-electron chi connectivity index (χ4n) is 2.78. The van der Waals surface area contributed by atoms with Crippen molar-refractivity contribution >= 4 is 0 Å². The van der Waals surface area contributed by atoms with Crippen LogP contribution in [0.15, 0.2) is 0 Å². The lowest BCUT2D eigenvalue weighted by Gasteiger charge is -2.41. The average Bonchev–Trinajstić information content (AvgIpc) is 2.17. The second-order valence-electron chi connectivity index (χ2n) is 5.89. The van der Waals surface area contributed by atoms with E-state index in [9.17, 15) is 0 Å². The van der Waals surface area contributed by atoms with Crippen LogP contribution in [0.2, 0.25) is 0 Å². The zero-order valence-electron chi connectivity index (χ0n) is 10.6. The standard InChI is InChI=1S/C13H27NO/c1-13(2,3)11-7-4-5-8-12(11)14-9-6-10-15/h11-12,14-15H,4-10H2,1-3H3/t11-,12+/m1/s1. The second-order valence-corrected chi connectivity index (χ2v) is 5.89. The minimum atomic E-state index is 0.305. The summed E-state index contributed by atoms with van der Waals surface area (Å²) in [5, 5.41) is 12.4. The Bertz CT molecular complexity index is 174. The maximum Gasteiger partial charge on any atom is 0.0443 e. The lowest BCUT2D eigenvalue weighted by atomic mass is 9.69. The van der Waals surface area contributed by atoms with Crippen molar-refractivity contribution in [3.63, 3.8) is 0 Å². The van der Waals surface area contributed by atoms with Gasteiger partial charge in [-0.3, -0.25) is 0 Å². The van der Waals surface area contributed by atoms with E-state index in [-0.39, 0.29) is 0 Å². The first-order valence-electron chi connectivity index (χ1n) is 6.40. The molecule has 1 fully saturated rings. The smallest absolute Gasteiger partial charge is 0.0443 e. The Morgan fingerprint density at radius 3 is 2.47 bits per heavy atom. The van der Waals surface area contributed by atoms with Gasteiger partial charge >= 0.3 is 0 Å². The van der Waals surface area contributed by atoms with Crippen molar-refractivity contribution in [2.75, 3.05) is 13.2 Å². The molecule has 0 amide bonds. The summed E-state index contributed by atoms with van der Waals surface area (Å²) in [7, 11) is 0. The monoisotopic (exact) mass is 213 g/mol. The van der Waals surface area contributed by atoms with Gasteiger partial charge in [0.2, 0.25) is 0 Å². The summed E-state index contributed by atoms with van der Waals surface area (Å²) >= 11 is 0. The molecule has 2 atom stereocenters. The maximum absolute atomic E-state index is 8.78. The molecule has 0 aromatic rings. The molecule has 90 valence electrons. The molecule has 0 heterocycles. The summed E-state index contributed by atoms with van der Waals surface area (Å²) in [4.78, 5) is 0. The maximum atomic E-state index is 8.78. The highest BCUT2D eigenvalue weighted by Gasteiger charge is 2.33. The lowest BCUT2D eigenvalue weighted by molar-refractivity contribution is 0.129. The van der Waals surface area contributed by atoms with Crippen LogP contribution in [0.3, 0.4) is 0 Å². The Balaban J connectivity index is 2.43. The topological polar surface area (TPSA) is 32.3 Å². The number of aliphatic hydroxyl groups is 1. The second kappa shape index (κ2) is 5.86. The summed E-state index contributed by atoms with van der Waals surface area (Å²) in [6, 6.07) is 0.672. The van der Waals surface area contributed by atoms with Crippen LogP contribution in [0, 0.1) is 11.3 Å². The van der Waals surface area contributed by atoms with Crippen molar-refractivity contribution < 1.29 is 5.11 Å². The molecule has 1 aliphatic carbocycles. The molecule has 0 radical (unpaired) electrons. The Hall–Kier alpha value is -0.0800. The van der Waals surface area contributed by atoms with Crippen LogP contribution < -0.4 is 5.32 Å². The summed E-state index contributed by atoms with van der Waals surface area (Å²) in [5.74, 6) is 0.796. The SMILES string of the molecule is CC(C)(C)[C@@H]1CCCC[C@@H]1NCCCO. The fraction of sp³-hybridized carbons (Fsp3) is 1.00. The van der Waals surface area contributed by atoms with Gasteiger partial charge < -0.3 is 10.4 Å². The van der Waals surface area contributed by atoms with Crippen LogP contribution in [-0.2, 0) is 0 Å². The predicted octanol–water partition coefficient (Wildman–Crippen LogP) is 2.56. The van der Waals surface area contributed by atoms with Crippen molar-refractivity contribution in [3.05, 3.63) is 0 Å². The van der Waals surface area contributed by atoms with Crippen molar-refractivity contribution in [2.45, 2.75) is 58.9 Å². The van der Waals surface area contributed by atoms with Gasteiger partial charge in [-0.25, -0.2) is 0 Å². The molecule has 0 saturated heterocycles. The van der Waals surface area contributed by atoms with Gasteiger partial charge in [-0.1, -0.05) is 33.6 Å².